The Kier molecular flexibility index (Phi) is 6.13. The van der Waals surface area contributed by atoms with E-state index in [0.717, 1.165) is 30.3 Å². The first-order valence-electron chi connectivity index (χ1n) is 11.4. The van der Waals surface area contributed by atoms with Gasteiger partial charge in [0, 0.05) is 47.4 Å². The third kappa shape index (κ3) is 4.12. The number of halogens is 1. The predicted octanol–water partition coefficient (Wildman–Crippen LogP) is 4.21. The molecule has 7 nitrogen and oxygen atoms in total. The van der Waals surface area contributed by atoms with Crippen molar-refractivity contribution in [2.75, 3.05) is 31.7 Å². The molecule has 32 heavy (non-hydrogen) atoms. The number of aromatic nitrogens is 3. The van der Waals surface area contributed by atoms with Crippen LogP contribution in [0.2, 0.25) is 5.02 Å². The maximum absolute atomic E-state index is 13.5. The first-order valence-corrected chi connectivity index (χ1v) is 11.8. The SMILES string of the molecule is CCOCCn1c(=O)c(-c2ccccc2Cl)cc2cnc(NN3CC4CCCC4C3)nc21. The standard InChI is InChI=1S/C24H28ClN5O2/c1-2-32-11-10-30-22-18(12-20(23(30)31)19-8-3-4-9-21(19)25)13-26-24(27-22)28-29-14-16-6-5-7-17(16)15-29/h3-4,8-9,12-13,16-17H,2,5-7,10-11,14-15H2,1H3,(H,26,27,28). The zero-order valence-electron chi connectivity index (χ0n) is 18.3. The third-order valence-corrected chi connectivity index (χ3v) is 6.97. The first kappa shape index (κ1) is 21.4. The van der Waals surface area contributed by atoms with Crippen LogP contribution in [0.5, 0.6) is 0 Å². The number of hydrazine groups is 1. The number of ether oxygens (including phenoxy) is 1. The van der Waals surface area contributed by atoms with Crippen LogP contribution in [0.1, 0.15) is 26.2 Å². The molecule has 1 aliphatic carbocycles. The summed E-state index contributed by atoms with van der Waals surface area (Å²) in [6, 6.07) is 9.22. The van der Waals surface area contributed by atoms with Gasteiger partial charge in [-0.05, 0) is 43.7 Å². The van der Waals surface area contributed by atoms with Crippen molar-refractivity contribution in [1.29, 1.82) is 0 Å². The van der Waals surface area contributed by atoms with Crippen LogP contribution in [0.25, 0.3) is 22.2 Å². The second-order valence-corrected chi connectivity index (χ2v) is 9.04. The molecule has 0 amide bonds. The van der Waals surface area contributed by atoms with E-state index in [1.165, 1.54) is 19.3 Å². The molecule has 2 aromatic heterocycles. The summed E-state index contributed by atoms with van der Waals surface area (Å²) in [7, 11) is 0. The molecule has 1 aromatic carbocycles. The van der Waals surface area contributed by atoms with Gasteiger partial charge in [-0.1, -0.05) is 36.2 Å². The van der Waals surface area contributed by atoms with E-state index in [9.17, 15) is 4.79 Å². The van der Waals surface area contributed by atoms with Gasteiger partial charge in [0.05, 0.1) is 13.2 Å². The molecule has 3 heterocycles. The molecule has 0 radical (unpaired) electrons. The molecule has 1 aliphatic heterocycles. The maximum atomic E-state index is 13.5. The summed E-state index contributed by atoms with van der Waals surface area (Å²) in [5, 5.41) is 3.55. The van der Waals surface area contributed by atoms with Crippen LogP contribution in [0, 0.1) is 11.8 Å². The molecule has 2 atom stereocenters. The fourth-order valence-corrected chi connectivity index (χ4v) is 5.30. The van der Waals surface area contributed by atoms with Gasteiger partial charge in [-0.25, -0.2) is 9.99 Å². The summed E-state index contributed by atoms with van der Waals surface area (Å²) in [6.07, 6.45) is 5.74. The topological polar surface area (TPSA) is 72.3 Å². The van der Waals surface area contributed by atoms with Crippen molar-refractivity contribution < 1.29 is 4.74 Å². The molecule has 0 spiro atoms. The fourth-order valence-electron chi connectivity index (χ4n) is 5.06. The highest BCUT2D eigenvalue weighted by Gasteiger charge is 2.36. The average Bonchev–Trinajstić information content (AvgIpc) is 3.38. The lowest BCUT2D eigenvalue weighted by Crippen LogP contribution is -2.30. The van der Waals surface area contributed by atoms with Crippen molar-refractivity contribution in [2.24, 2.45) is 11.8 Å². The Morgan fingerprint density at radius 2 is 1.97 bits per heavy atom. The summed E-state index contributed by atoms with van der Waals surface area (Å²) >= 11 is 6.40. The zero-order chi connectivity index (χ0) is 22.1. The molecular weight excluding hydrogens is 426 g/mol. The van der Waals surface area contributed by atoms with Gasteiger partial charge >= 0.3 is 0 Å². The van der Waals surface area contributed by atoms with Crippen molar-refractivity contribution in [3.8, 4) is 11.1 Å². The van der Waals surface area contributed by atoms with Gasteiger partial charge in [-0.3, -0.25) is 14.8 Å². The molecule has 3 aromatic rings. The molecule has 8 heteroatoms. The van der Waals surface area contributed by atoms with Crippen LogP contribution < -0.4 is 11.0 Å². The monoisotopic (exact) mass is 453 g/mol. The molecule has 1 saturated carbocycles. The molecule has 1 saturated heterocycles. The van der Waals surface area contributed by atoms with Gasteiger partial charge in [-0.15, -0.1) is 0 Å². The van der Waals surface area contributed by atoms with Crippen LogP contribution >= 0.6 is 11.6 Å². The number of hydrogen-bond acceptors (Lipinski definition) is 6. The van der Waals surface area contributed by atoms with E-state index in [2.05, 4.69) is 15.4 Å². The van der Waals surface area contributed by atoms with Crippen LogP contribution in [-0.2, 0) is 11.3 Å². The number of hydrogen-bond donors (Lipinski definition) is 1. The lowest BCUT2D eigenvalue weighted by molar-refractivity contribution is 0.139. The smallest absolute Gasteiger partial charge is 0.260 e. The Labute approximate surface area is 192 Å². The van der Waals surface area contributed by atoms with Gasteiger partial charge in [0.1, 0.15) is 5.65 Å². The van der Waals surface area contributed by atoms with E-state index < -0.39 is 0 Å². The number of fused-ring (bicyclic) bond motifs is 2. The lowest BCUT2D eigenvalue weighted by atomic mass is 10.0. The molecule has 2 fully saturated rings. The number of pyridine rings is 1. The molecular formula is C24H28ClN5O2. The van der Waals surface area contributed by atoms with Crippen LogP contribution in [0.3, 0.4) is 0 Å². The number of anilines is 1. The second kappa shape index (κ2) is 9.17. The largest absolute Gasteiger partial charge is 0.380 e. The van der Waals surface area contributed by atoms with Gasteiger partial charge in [0.2, 0.25) is 5.95 Å². The van der Waals surface area contributed by atoms with E-state index in [1.807, 2.05) is 31.2 Å². The van der Waals surface area contributed by atoms with Crippen molar-refractivity contribution in [3.63, 3.8) is 0 Å². The Morgan fingerprint density at radius 1 is 1.19 bits per heavy atom. The van der Waals surface area contributed by atoms with Crippen LogP contribution in [0.15, 0.2) is 41.3 Å². The lowest BCUT2D eigenvalue weighted by Gasteiger charge is -2.19. The highest BCUT2D eigenvalue weighted by molar-refractivity contribution is 6.33. The van der Waals surface area contributed by atoms with E-state index in [4.69, 9.17) is 21.3 Å². The minimum atomic E-state index is -0.134. The van der Waals surface area contributed by atoms with E-state index in [0.29, 0.717) is 47.5 Å². The average molecular weight is 454 g/mol. The number of rotatable bonds is 7. The van der Waals surface area contributed by atoms with Crippen molar-refractivity contribution >= 4 is 28.6 Å². The fraction of sp³-hybridized carbons (Fsp3) is 0.458. The normalized spacial score (nSPS) is 20.7. The number of nitrogens with zero attached hydrogens (tertiary/aromatic N) is 4. The summed E-state index contributed by atoms with van der Waals surface area (Å²) in [5.74, 6) is 2.06. The van der Waals surface area contributed by atoms with Crippen molar-refractivity contribution in [2.45, 2.75) is 32.7 Å². The van der Waals surface area contributed by atoms with Crippen LogP contribution in [0.4, 0.5) is 5.95 Å². The quantitative estimate of drug-likeness (QED) is 0.540. The summed E-state index contributed by atoms with van der Waals surface area (Å²) < 4.78 is 7.21. The van der Waals surface area contributed by atoms with Gasteiger partial charge in [0.15, 0.2) is 0 Å². The summed E-state index contributed by atoms with van der Waals surface area (Å²) in [5.41, 5.74) is 5.08. The zero-order valence-corrected chi connectivity index (χ0v) is 19.0. The highest BCUT2D eigenvalue weighted by atomic mass is 35.5. The Bertz CT molecular complexity index is 1170. The van der Waals surface area contributed by atoms with E-state index >= 15 is 0 Å². The Morgan fingerprint density at radius 3 is 2.72 bits per heavy atom. The minimum Gasteiger partial charge on any atom is -0.380 e. The molecule has 2 aliphatic rings. The maximum Gasteiger partial charge on any atom is 0.260 e. The third-order valence-electron chi connectivity index (χ3n) is 6.64. The minimum absolute atomic E-state index is 0.134. The molecule has 2 unspecified atom stereocenters. The van der Waals surface area contributed by atoms with Gasteiger partial charge in [-0.2, -0.15) is 4.98 Å². The molecule has 0 bridgehead atoms. The molecule has 168 valence electrons. The molecule has 5 rings (SSSR count). The number of benzene rings is 1. The second-order valence-electron chi connectivity index (χ2n) is 8.63. The number of nitrogens with one attached hydrogen (secondary N) is 1. The Hall–Kier alpha value is -2.48. The summed E-state index contributed by atoms with van der Waals surface area (Å²) in [4.78, 5) is 22.8. The van der Waals surface area contributed by atoms with Crippen molar-refractivity contribution in [1.82, 2.24) is 19.5 Å². The summed E-state index contributed by atoms with van der Waals surface area (Å²) in [6.45, 7) is 5.42. The predicted molar refractivity (Wildman–Crippen MR) is 127 cm³/mol. The first-order chi connectivity index (χ1) is 15.6. The highest BCUT2D eigenvalue weighted by Crippen LogP contribution is 2.37. The Balaban J connectivity index is 1.52. The van der Waals surface area contributed by atoms with E-state index in [1.54, 1.807) is 16.8 Å². The van der Waals surface area contributed by atoms with E-state index in [-0.39, 0.29) is 5.56 Å². The molecule has 1 N–H and O–H groups in total. The van der Waals surface area contributed by atoms with Crippen molar-refractivity contribution in [3.05, 3.63) is 51.9 Å². The van der Waals surface area contributed by atoms with Gasteiger partial charge in [0.25, 0.3) is 5.56 Å². The van der Waals surface area contributed by atoms with Crippen LogP contribution in [-0.4, -0.2) is 45.8 Å². The van der Waals surface area contributed by atoms with Gasteiger partial charge < -0.3 is 4.74 Å².